The predicted molar refractivity (Wildman–Crippen MR) is 83.6 cm³/mol. The van der Waals surface area contributed by atoms with Crippen LogP contribution in [0.4, 0.5) is 0 Å². The number of aryl methyl sites for hydroxylation is 1. The number of carbonyl (C=O) groups excluding carboxylic acids is 1. The Labute approximate surface area is 126 Å². The van der Waals surface area contributed by atoms with E-state index in [1.165, 1.54) is 12.8 Å². The van der Waals surface area contributed by atoms with Gasteiger partial charge in [0, 0.05) is 25.5 Å². The lowest BCUT2D eigenvalue weighted by molar-refractivity contribution is 0.0938. The van der Waals surface area contributed by atoms with Crippen molar-refractivity contribution in [1.82, 2.24) is 19.7 Å². The molecular formula is C16H24N4O. The Balaban J connectivity index is 2.07. The monoisotopic (exact) mass is 288 g/mol. The topological polar surface area (TPSA) is 51.9 Å². The van der Waals surface area contributed by atoms with Gasteiger partial charge in [-0.25, -0.2) is 0 Å². The molecule has 5 heteroatoms. The highest BCUT2D eigenvalue weighted by molar-refractivity contribution is 5.97. The fourth-order valence-electron chi connectivity index (χ4n) is 2.45. The zero-order valence-corrected chi connectivity index (χ0v) is 13.0. The minimum absolute atomic E-state index is 0.0594. The lowest BCUT2D eigenvalue weighted by Crippen LogP contribution is -2.33. The summed E-state index contributed by atoms with van der Waals surface area (Å²) in [7, 11) is 1.84. The molecule has 0 radical (unpaired) electrons. The Hall–Kier alpha value is -2.04. The van der Waals surface area contributed by atoms with Crippen molar-refractivity contribution >= 4 is 5.91 Å². The van der Waals surface area contributed by atoms with E-state index in [1.807, 2.05) is 36.1 Å². The molecule has 21 heavy (non-hydrogen) atoms. The summed E-state index contributed by atoms with van der Waals surface area (Å²) in [5, 5.41) is 7.28. The molecule has 114 valence electrons. The lowest BCUT2D eigenvalue weighted by Gasteiger charge is -2.14. The maximum absolute atomic E-state index is 12.4. The van der Waals surface area contributed by atoms with Crippen LogP contribution in [0.5, 0.6) is 0 Å². The number of unbranched alkanes of at least 4 members (excludes halogenated alkanes) is 2. The molecule has 0 aliphatic carbocycles. The fourth-order valence-corrected chi connectivity index (χ4v) is 2.45. The first-order valence-electron chi connectivity index (χ1n) is 7.59. The van der Waals surface area contributed by atoms with Crippen molar-refractivity contribution in [3.05, 3.63) is 36.3 Å². The molecule has 0 saturated heterocycles. The standard InChI is InChI=1S/C16H24N4O/c1-4-5-6-9-13(2)18-15(21)14-12-17-19(3)16(14)20-10-7-8-11-20/h7-8,10-13H,4-6,9H2,1-3H3,(H,18,21)/t13-/m0/s1. The van der Waals surface area contributed by atoms with Gasteiger partial charge in [-0.15, -0.1) is 0 Å². The van der Waals surface area contributed by atoms with Gasteiger partial charge in [0.1, 0.15) is 11.4 Å². The lowest BCUT2D eigenvalue weighted by atomic mass is 10.1. The average Bonchev–Trinajstić information content (AvgIpc) is 3.07. The zero-order chi connectivity index (χ0) is 15.2. The largest absolute Gasteiger partial charge is 0.349 e. The van der Waals surface area contributed by atoms with Crippen molar-refractivity contribution in [2.45, 2.75) is 45.6 Å². The molecule has 0 unspecified atom stereocenters. The zero-order valence-electron chi connectivity index (χ0n) is 13.0. The molecule has 5 nitrogen and oxygen atoms in total. The Bertz CT molecular complexity index is 571. The SMILES string of the molecule is CCCCC[C@H](C)NC(=O)c1cnn(C)c1-n1cccc1. The molecule has 2 aromatic rings. The molecule has 2 aromatic heterocycles. The quantitative estimate of drug-likeness (QED) is 0.796. The second-order valence-electron chi connectivity index (χ2n) is 5.47. The number of carbonyl (C=O) groups is 1. The van der Waals surface area contributed by atoms with Crippen LogP contribution in [0, 0.1) is 0 Å². The Morgan fingerprint density at radius 2 is 2.05 bits per heavy atom. The number of aromatic nitrogens is 3. The molecule has 0 aromatic carbocycles. The van der Waals surface area contributed by atoms with Crippen LogP contribution >= 0.6 is 0 Å². The van der Waals surface area contributed by atoms with Crippen LogP contribution in [-0.4, -0.2) is 26.3 Å². The van der Waals surface area contributed by atoms with Crippen molar-refractivity contribution in [2.75, 3.05) is 0 Å². The number of amides is 1. The molecule has 2 rings (SSSR count). The van der Waals surface area contributed by atoms with Crippen LogP contribution in [0.2, 0.25) is 0 Å². The smallest absolute Gasteiger partial charge is 0.256 e. The summed E-state index contributed by atoms with van der Waals surface area (Å²) >= 11 is 0. The first-order valence-corrected chi connectivity index (χ1v) is 7.59. The Kier molecular flexibility index (Phi) is 5.20. The minimum Gasteiger partial charge on any atom is -0.349 e. The number of hydrogen-bond donors (Lipinski definition) is 1. The van der Waals surface area contributed by atoms with Crippen LogP contribution in [-0.2, 0) is 7.05 Å². The third-order valence-corrected chi connectivity index (χ3v) is 3.62. The third-order valence-electron chi connectivity index (χ3n) is 3.62. The molecule has 0 fully saturated rings. The van der Waals surface area contributed by atoms with Gasteiger partial charge in [-0.2, -0.15) is 5.10 Å². The van der Waals surface area contributed by atoms with Crippen molar-refractivity contribution in [2.24, 2.45) is 7.05 Å². The van der Waals surface area contributed by atoms with Crippen molar-refractivity contribution in [3.8, 4) is 5.82 Å². The summed E-state index contributed by atoms with van der Waals surface area (Å²) in [4.78, 5) is 12.4. The molecule has 0 bridgehead atoms. The molecule has 1 atom stereocenters. The van der Waals surface area contributed by atoms with E-state index in [9.17, 15) is 4.79 Å². The van der Waals surface area contributed by atoms with Gasteiger partial charge < -0.3 is 9.88 Å². The van der Waals surface area contributed by atoms with Gasteiger partial charge >= 0.3 is 0 Å². The highest BCUT2D eigenvalue weighted by Gasteiger charge is 2.18. The highest BCUT2D eigenvalue weighted by Crippen LogP contribution is 2.14. The first kappa shape index (κ1) is 15.4. The van der Waals surface area contributed by atoms with Crippen LogP contribution in [0.15, 0.2) is 30.7 Å². The van der Waals surface area contributed by atoms with E-state index in [4.69, 9.17) is 0 Å². The molecule has 0 aliphatic rings. The number of rotatable bonds is 7. The second-order valence-corrected chi connectivity index (χ2v) is 5.47. The second kappa shape index (κ2) is 7.11. The fraction of sp³-hybridized carbons (Fsp3) is 0.500. The molecular weight excluding hydrogens is 264 g/mol. The Morgan fingerprint density at radius 1 is 1.33 bits per heavy atom. The molecule has 2 heterocycles. The van der Waals surface area contributed by atoms with E-state index in [-0.39, 0.29) is 11.9 Å². The van der Waals surface area contributed by atoms with E-state index < -0.39 is 0 Å². The van der Waals surface area contributed by atoms with Crippen molar-refractivity contribution in [3.63, 3.8) is 0 Å². The minimum atomic E-state index is -0.0594. The normalized spacial score (nSPS) is 12.3. The molecule has 0 saturated carbocycles. The predicted octanol–water partition coefficient (Wildman–Crippen LogP) is 2.91. The summed E-state index contributed by atoms with van der Waals surface area (Å²) in [5.41, 5.74) is 0.607. The Morgan fingerprint density at radius 3 is 2.71 bits per heavy atom. The maximum atomic E-state index is 12.4. The molecule has 1 N–H and O–H groups in total. The van der Waals surface area contributed by atoms with E-state index in [0.717, 1.165) is 18.7 Å². The van der Waals surface area contributed by atoms with Gasteiger partial charge in [0.05, 0.1) is 6.20 Å². The van der Waals surface area contributed by atoms with E-state index in [2.05, 4.69) is 24.3 Å². The van der Waals surface area contributed by atoms with Crippen molar-refractivity contribution in [1.29, 1.82) is 0 Å². The number of nitrogens with one attached hydrogen (secondary N) is 1. The van der Waals surface area contributed by atoms with Gasteiger partial charge in [-0.1, -0.05) is 26.2 Å². The number of hydrogen-bond acceptors (Lipinski definition) is 2. The van der Waals surface area contributed by atoms with E-state index in [1.54, 1.807) is 10.9 Å². The molecule has 1 amide bonds. The van der Waals surface area contributed by atoms with Gasteiger partial charge in [-0.3, -0.25) is 9.48 Å². The number of nitrogens with zero attached hydrogens (tertiary/aromatic N) is 3. The third kappa shape index (κ3) is 3.74. The molecule has 0 aliphatic heterocycles. The van der Waals surface area contributed by atoms with Crippen LogP contribution in [0.1, 0.15) is 49.9 Å². The van der Waals surface area contributed by atoms with Crippen LogP contribution in [0.3, 0.4) is 0 Å². The summed E-state index contributed by atoms with van der Waals surface area (Å²) in [6.07, 6.45) is 10.0. The average molecular weight is 288 g/mol. The summed E-state index contributed by atoms with van der Waals surface area (Å²) in [5.74, 6) is 0.731. The van der Waals surface area contributed by atoms with Gasteiger partial charge in [-0.05, 0) is 25.5 Å². The summed E-state index contributed by atoms with van der Waals surface area (Å²) in [6.45, 7) is 4.24. The highest BCUT2D eigenvalue weighted by atomic mass is 16.1. The van der Waals surface area contributed by atoms with Gasteiger partial charge in [0.15, 0.2) is 0 Å². The van der Waals surface area contributed by atoms with E-state index >= 15 is 0 Å². The van der Waals surface area contributed by atoms with Gasteiger partial charge in [0.25, 0.3) is 5.91 Å². The van der Waals surface area contributed by atoms with Crippen molar-refractivity contribution < 1.29 is 4.79 Å². The van der Waals surface area contributed by atoms with Crippen LogP contribution < -0.4 is 5.32 Å². The summed E-state index contributed by atoms with van der Waals surface area (Å²) < 4.78 is 3.63. The van der Waals surface area contributed by atoms with Crippen LogP contribution in [0.25, 0.3) is 5.82 Å². The molecule has 0 spiro atoms. The van der Waals surface area contributed by atoms with E-state index in [0.29, 0.717) is 5.56 Å². The van der Waals surface area contributed by atoms with Gasteiger partial charge in [0.2, 0.25) is 0 Å². The maximum Gasteiger partial charge on any atom is 0.256 e. The first-order chi connectivity index (χ1) is 10.1. The summed E-state index contributed by atoms with van der Waals surface area (Å²) in [6, 6.07) is 4.05.